The first-order chi connectivity index (χ1) is 8.27. The zero-order chi connectivity index (χ0) is 12.1. The minimum atomic E-state index is 0.304. The summed E-state index contributed by atoms with van der Waals surface area (Å²) in [5.74, 6) is 0.304. The second-order valence-corrected chi connectivity index (χ2v) is 6.52. The Morgan fingerprint density at radius 2 is 1.88 bits per heavy atom. The van der Waals surface area contributed by atoms with Crippen molar-refractivity contribution in [3.05, 3.63) is 42.5 Å². The van der Waals surface area contributed by atoms with Gasteiger partial charge in [0.2, 0.25) is 0 Å². The summed E-state index contributed by atoms with van der Waals surface area (Å²) in [6.45, 7) is 1.67. The molecule has 0 saturated carbocycles. The number of carbonyl (C=O) groups is 1. The normalized spacial score (nSPS) is 10.6. The first-order valence-electron chi connectivity index (χ1n) is 5.87. The van der Waals surface area contributed by atoms with Crippen LogP contribution in [-0.2, 0) is 4.79 Å². The Morgan fingerprint density at radius 3 is 2.71 bits per heavy atom. The third-order valence-corrected chi connectivity index (χ3v) is 5.11. The van der Waals surface area contributed by atoms with Crippen LogP contribution in [0.3, 0.4) is 0 Å². The number of hydrogen-bond donors (Lipinski definition) is 0. The van der Waals surface area contributed by atoms with Crippen LogP contribution >= 0.6 is 0 Å². The molecule has 0 amide bonds. The molecule has 0 radical (unpaired) electrons. The maximum atomic E-state index is 10.9. The Morgan fingerprint density at radius 1 is 1.12 bits per heavy atom. The number of carbonyl (C=O) groups excluding carboxylic acids is 1. The number of benzene rings is 2. The van der Waals surface area contributed by atoms with Crippen LogP contribution in [0, 0.1) is 0 Å². The summed E-state index contributed by atoms with van der Waals surface area (Å²) in [6.07, 6.45) is 1.76. The van der Waals surface area contributed by atoms with Gasteiger partial charge >= 0.3 is 108 Å². The molecule has 2 rings (SSSR count). The van der Waals surface area contributed by atoms with Crippen LogP contribution in [0.2, 0.25) is 5.32 Å². The molecule has 0 aliphatic heterocycles. The quantitative estimate of drug-likeness (QED) is 0.611. The zero-order valence-electron chi connectivity index (χ0n) is 9.98. The molecule has 0 fully saturated rings. The number of Topliss-reactive ketones (excluding diaryl/α,β-unsaturated/α-hetero) is 1. The van der Waals surface area contributed by atoms with Gasteiger partial charge in [-0.2, -0.15) is 0 Å². The molecule has 0 saturated heterocycles. The van der Waals surface area contributed by atoms with Crippen LogP contribution in [0.15, 0.2) is 42.5 Å². The third kappa shape index (κ3) is 3.42. The molecule has 0 aliphatic carbocycles. The van der Waals surface area contributed by atoms with Crippen molar-refractivity contribution < 1.29 is 4.79 Å². The van der Waals surface area contributed by atoms with Gasteiger partial charge in [0.05, 0.1) is 0 Å². The van der Waals surface area contributed by atoms with E-state index in [4.69, 9.17) is 0 Å². The van der Waals surface area contributed by atoms with Crippen molar-refractivity contribution in [3.8, 4) is 0 Å². The summed E-state index contributed by atoms with van der Waals surface area (Å²) >= 11 is 0.482. The average Bonchev–Trinajstić information content (AvgIpc) is 2.34. The first kappa shape index (κ1) is 12.3. The zero-order valence-corrected chi connectivity index (χ0v) is 11.7. The number of ketones is 1. The molecular weight excluding hydrogens is 275 g/mol. The third-order valence-electron chi connectivity index (χ3n) is 2.68. The van der Waals surface area contributed by atoms with E-state index in [1.54, 1.807) is 6.92 Å². The molecule has 0 N–H and O–H groups in total. The molecule has 2 aromatic carbocycles. The van der Waals surface area contributed by atoms with Gasteiger partial charge in [-0.3, -0.25) is 0 Å². The molecule has 0 heterocycles. The first-order valence-corrected chi connectivity index (χ1v) is 7.94. The maximum absolute atomic E-state index is 10.9. The fourth-order valence-corrected chi connectivity index (χ4v) is 3.97. The summed E-state index contributed by atoms with van der Waals surface area (Å²) < 4.78 is 1.46. The van der Waals surface area contributed by atoms with Crippen molar-refractivity contribution in [2.75, 3.05) is 0 Å². The molecule has 0 bridgehead atoms. The van der Waals surface area contributed by atoms with Crippen LogP contribution in [0.5, 0.6) is 0 Å². The van der Waals surface area contributed by atoms with E-state index < -0.39 is 0 Å². The van der Waals surface area contributed by atoms with E-state index in [1.807, 2.05) is 0 Å². The van der Waals surface area contributed by atoms with Gasteiger partial charge in [0.25, 0.3) is 0 Å². The van der Waals surface area contributed by atoms with E-state index in [0.717, 1.165) is 18.2 Å². The molecule has 88 valence electrons. The Kier molecular flexibility index (Phi) is 4.35. The standard InChI is InChI=1S/C15H16OSe/c1-12(16)6-5-11-17-15-10-4-8-13-7-2-3-9-14(13)15/h2-4,7-10H,5-6,11H2,1H3. The molecule has 0 spiro atoms. The summed E-state index contributed by atoms with van der Waals surface area (Å²) in [5, 5.41) is 3.84. The topological polar surface area (TPSA) is 17.1 Å². The fraction of sp³-hybridized carbons (Fsp3) is 0.267. The molecule has 2 heteroatoms. The summed E-state index contributed by atoms with van der Waals surface area (Å²) in [6, 6.07) is 15.0. The van der Waals surface area contributed by atoms with E-state index >= 15 is 0 Å². The van der Waals surface area contributed by atoms with E-state index in [9.17, 15) is 4.79 Å². The minimum absolute atomic E-state index is 0.304. The van der Waals surface area contributed by atoms with Gasteiger partial charge < -0.3 is 0 Å². The Bertz CT molecular complexity index is 514. The van der Waals surface area contributed by atoms with E-state index in [-0.39, 0.29) is 0 Å². The van der Waals surface area contributed by atoms with Crippen molar-refractivity contribution in [1.29, 1.82) is 0 Å². The molecule has 0 aromatic heterocycles. The van der Waals surface area contributed by atoms with E-state index in [2.05, 4.69) is 42.5 Å². The predicted octanol–water partition coefficient (Wildman–Crippen LogP) is 2.96. The van der Waals surface area contributed by atoms with Crippen LogP contribution in [-0.4, -0.2) is 20.7 Å². The van der Waals surface area contributed by atoms with Gasteiger partial charge in [-0.05, 0) is 0 Å². The summed E-state index contributed by atoms with van der Waals surface area (Å²) in [4.78, 5) is 10.9. The number of rotatable bonds is 5. The van der Waals surface area contributed by atoms with Gasteiger partial charge in [-0.15, -0.1) is 0 Å². The molecule has 2 aromatic rings. The Hall–Kier alpha value is -1.11. The SMILES string of the molecule is CC(=O)CCC[Se]c1cccc2ccccc12. The van der Waals surface area contributed by atoms with Crippen LogP contribution in [0.1, 0.15) is 19.8 Å². The Balaban J connectivity index is 2.05. The van der Waals surface area contributed by atoms with Crippen molar-refractivity contribution in [3.63, 3.8) is 0 Å². The van der Waals surface area contributed by atoms with Gasteiger partial charge in [-0.1, -0.05) is 0 Å². The van der Waals surface area contributed by atoms with Crippen molar-refractivity contribution in [2.45, 2.75) is 25.1 Å². The number of hydrogen-bond acceptors (Lipinski definition) is 1. The Labute approximate surface area is 108 Å². The fourth-order valence-electron chi connectivity index (χ4n) is 1.82. The molecular formula is C15H16OSe. The van der Waals surface area contributed by atoms with Crippen molar-refractivity contribution in [2.24, 2.45) is 0 Å². The summed E-state index contributed by atoms with van der Waals surface area (Å²) in [7, 11) is 0. The van der Waals surface area contributed by atoms with E-state index in [0.29, 0.717) is 20.7 Å². The second kappa shape index (κ2) is 5.99. The van der Waals surface area contributed by atoms with Gasteiger partial charge in [0.15, 0.2) is 0 Å². The average molecular weight is 291 g/mol. The summed E-state index contributed by atoms with van der Waals surface area (Å²) in [5.41, 5.74) is 0. The monoisotopic (exact) mass is 292 g/mol. The van der Waals surface area contributed by atoms with Gasteiger partial charge in [-0.25, -0.2) is 0 Å². The van der Waals surface area contributed by atoms with Crippen molar-refractivity contribution in [1.82, 2.24) is 0 Å². The van der Waals surface area contributed by atoms with E-state index in [1.165, 1.54) is 15.2 Å². The molecule has 0 unspecified atom stereocenters. The van der Waals surface area contributed by atoms with Crippen LogP contribution in [0.25, 0.3) is 10.8 Å². The molecule has 0 aliphatic rings. The predicted molar refractivity (Wildman–Crippen MR) is 74.1 cm³/mol. The molecule has 17 heavy (non-hydrogen) atoms. The van der Waals surface area contributed by atoms with Gasteiger partial charge in [0, 0.05) is 0 Å². The van der Waals surface area contributed by atoms with Crippen LogP contribution in [0.4, 0.5) is 0 Å². The number of fused-ring (bicyclic) bond motifs is 1. The van der Waals surface area contributed by atoms with Crippen LogP contribution < -0.4 is 4.46 Å². The van der Waals surface area contributed by atoms with Gasteiger partial charge in [0.1, 0.15) is 0 Å². The second-order valence-electron chi connectivity index (χ2n) is 4.13. The molecule has 0 atom stereocenters. The molecule has 1 nitrogen and oxygen atoms in total. The van der Waals surface area contributed by atoms with Crippen molar-refractivity contribution >= 4 is 36.0 Å².